The van der Waals surface area contributed by atoms with Crippen LogP contribution in [0.25, 0.3) is 0 Å². The molecule has 0 aromatic carbocycles. The van der Waals surface area contributed by atoms with Gasteiger partial charge in [-0.25, -0.2) is 0 Å². The fourth-order valence-corrected chi connectivity index (χ4v) is 4.63. The van der Waals surface area contributed by atoms with Crippen LogP contribution in [0.1, 0.15) is 30.9 Å². The van der Waals surface area contributed by atoms with Crippen molar-refractivity contribution in [2.45, 2.75) is 31.3 Å². The molecule has 3 atom stereocenters. The maximum Gasteiger partial charge on any atom is 0.0478 e. The fourth-order valence-electron chi connectivity index (χ4n) is 3.92. The normalized spacial score (nSPS) is 31.1. The predicted molar refractivity (Wildman–Crippen MR) is 81.4 cm³/mol. The Morgan fingerprint density at radius 3 is 3.05 bits per heavy atom. The van der Waals surface area contributed by atoms with Crippen molar-refractivity contribution >= 4 is 11.3 Å². The van der Waals surface area contributed by atoms with Gasteiger partial charge in [0.15, 0.2) is 0 Å². The van der Waals surface area contributed by atoms with Crippen molar-refractivity contribution < 1.29 is 0 Å². The molecule has 0 aliphatic carbocycles. The number of fused-ring (bicyclic) bond motifs is 1. The van der Waals surface area contributed by atoms with Gasteiger partial charge in [-0.05, 0) is 61.2 Å². The van der Waals surface area contributed by atoms with Gasteiger partial charge in [-0.2, -0.15) is 11.3 Å². The SMILES string of the molecule is CN1CCCC2CN(C(CN)c3ccsc3)CCC21. The molecule has 19 heavy (non-hydrogen) atoms. The quantitative estimate of drug-likeness (QED) is 0.920. The van der Waals surface area contributed by atoms with E-state index in [4.69, 9.17) is 5.73 Å². The maximum absolute atomic E-state index is 6.04. The number of nitrogens with two attached hydrogens (primary N) is 1. The second-order valence-electron chi connectivity index (χ2n) is 6.04. The molecule has 3 rings (SSSR count). The van der Waals surface area contributed by atoms with Crippen LogP contribution in [0.4, 0.5) is 0 Å². The maximum atomic E-state index is 6.04. The van der Waals surface area contributed by atoms with Crippen molar-refractivity contribution in [2.75, 3.05) is 33.2 Å². The van der Waals surface area contributed by atoms with E-state index in [-0.39, 0.29) is 0 Å². The summed E-state index contributed by atoms with van der Waals surface area (Å²) in [5, 5.41) is 4.43. The minimum Gasteiger partial charge on any atom is -0.329 e. The molecule has 4 heteroatoms. The molecular formula is C15H25N3S. The average molecular weight is 279 g/mol. The summed E-state index contributed by atoms with van der Waals surface area (Å²) >= 11 is 1.78. The largest absolute Gasteiger partial charge is 0.329 e. The first-order valence-electron chi connectivity index (χ1n) is 7.46. The van der Waals surface area contributed by atoms with Gasteiger partial charge in [-0.3, -0.25) is 4.90 Å². The van der Waals surface area contributed by atoms with Crippen LogP contribution in [0.5, 0.6) is 0 Å². The van der Waals surface area contributed by atoms with Gasteiger partial charge in [0.05, 0.1) is 0 Å². The standard InChI is InChI=1S/C15H25N3S/c1-17-6-2-3-12-10-18(7-4-14(12)17)15(9-16)13-5-8-19-11-13/h5,8,11-12,14-15H,2-4,6-7,9-10,16H2,1H3. The molecule has 0 spiro atoms. The number of piperidine rings is 2. The fraction of sp³-hybridized carbons (Fsp3) is 0.733. The molecule has 2 N–H and O–H groups in total. The molecule has 0 bridgehead atoms. The first-order valence-corrected chi connectivity index (χ1v) is 8.40. The molecule has 0 amide bonds. The number of thiophene rings is 1. The lowest BCUT2D eigenvalue weighted by atomic mass is 9.83. The molecule has 3 unspecified atom stereocenters. The highest BCUT2D eigenvalue weighted by molar-refractivity contribution is 7.07. The van der Waals surface area contributed by atoms with Gasteiger partial charge >= 0.3 is 0 Å². The molecule has 1 aromatic rings. The van der Waals surface area contributed by atoms with Gasteiger partial charge in [-0.1, -0.05) is 0 Å². The first kappa shape index (κ1) is 13.6. The van der Waals surface area contributed by atoms with E-state index in [1.165, 1.54) is 44.5 Å². The molecule has 3 heterocycles. The summed E-state index contributed by atoms with van der Waals surface area (Å²) in [5.41, 5.74) is 7.45. The molecule has 3 nitrogen and oxygen atoms in total. The Labute approximate surface area is 120 Å². The van der Waals surface area contributed by atoms with Crippen molar-refractivity contribution in [3.05, 3.63) is 22.4 Å². The highest BCUT2D eigenvalue weighted by Crippen LogP contribution is 2.33. The molecule has 106 valence electrons. The van der Waals surface area contributed by atoms with Gasteiger partial charge in [0.2, 0.25) is 0 Å². The lowest BCUT2D eigenvalue weighted by Gasteiger charge is -2.47. The lowest BCUT2D eigenvalue weighted by molar-refractivity contribution is 0.0212. The topological polar surface area (TPSA) is 32.5 Å². The zero-order chi connectivity index (χ0) is 13.2. The Bertz CT molecular complexity index is 392. The van der Waals surface area contributed by atoms with Crippen LogP contribution in [0.2, 0.25) is 0 Å². The highest BCUT2D eigenvalue weighted by Gasteiger charge is 2.36. The van der Waals surface area contributed by atoms with Crippen LogP contribution in [-0.2, 0) is 0 Å². The van der Waals surface area contributed by atoms with Crippen molar-refractivity contribution in [1.29, 1.82) is 0 Å². The minimum absolute atomic E-state index is 0.430. The Hall–Kier alpha value is -0.420. The summed E-state index contributed by atoms with van der Waals surface area (Å²) in [7, 11) is 2.30. The second-order valence-corrected chi connectivity index (χ2v) is 6.82. The Morgan fingerprint density at radius 2 is 2.32 bits per heavy atom. The molecule has 2 fully saturated rings. The Balaban J connectivity index is 1.70. The summed E-state index contributed by atoms with van der Waals surface area (Å²) in [6, 6.07) is 3.48. The van der Waals surface area contributed by atoms with E-state index >= 15 is 0 Å². The van der Waals surface area contributed by atoms with E-state index in [9.17, 15) is 0 Å². The van der Waals surface area contributed by atoms with Crippen LogP contribution in [-0.4, -0.2) is 49.1 Å². The monoisotopic (exact) mass is 279 g/mol. The van der Waals surface area contributed by atoms with Crippen molar-refractivity contribution in [2.24, 2.45) is 11.7 Å². The predicted octanol–water partition coefficient (Wildman–Crippen LogP) is 2.16. The molecule has 0 radical (unpaired) electrons. The van der Waals surface area contributed by atoms with E-state index in [0.29, 0.717) is 6.04 Å². The zero-order valence-corrected chi connectivity index (χ0v) is 12.6. The molecule has 2 aliphatic heterocycles. The Morgan fingerprint density at radius 1 is 1.42 bits per heavy atom. The van der Waals surface area contributed by atoms with Gasteiger partial charge in [0.25, 0.3) is 0 Å². The summed E-state index contributed by atoms with van der Waals surface area (Å²) in [5.74, 6) is 0.847. The first-order chi connectivity index (χ1) is 9.29. The summed E-state index contributed by atoms with van der Waals surface area (Å²) < 4.78 is 0. The summed E-state index contributed by atoms with van der Waals surface area (Å²) in [6.45, 7) is 4.45. The van der Waals surface area contributed by atoms with Crippen LogP contribution in [0, 0.1) is 5.92 Å². The van der Waals surface area contributed by atoms with Gasteiger partial charge < -0.3 is 10.6 Å². The molecule has 1 aromatic heterocycles. The number of hydrogen-bond donors (Lipinski definition) is 1. The molecular weight excluding hydrogens is 254 g/mol. The van der Waals surface area contributed by atoms with Crippen molar-refractivity contribution in [3.8, 4) is 0 Å². The third-order valence-electron chi connectivity index (χ3n) is 4.97. The van der Waals surface area contributed by atoms with Crippen LogP contribution >= 0.6 is 11.3 Å². The molecule has 2 aliphatic rings. The van der Waals surface area contributed by atoms with Crippen molar-refractivity contribution in [3.63, 3.8) is 0 Å². The second kappa shape index (κ2) is 5.92. The lowest BCUT2D eigenvalue weighted by Crippen LogP contribution is -2.53. The Kier molecular flexibility index (Phi) is 4.22. The van der Waals surface area contributed by atoms with Crippen LogP contribution in [0.15, 0.2) is 16.8 Å². The van der Waals surface area contributed by atoms with Crippen LogP contribution < -0.4 is 5.73 Å². The summed E-state index contributed by atoms with van der Waals surface area (Å²) in [4.78, 5) is 5.20. The average Bonchev–Trinajstić information content (AvgIpc) is 2.94. The van der Waals surface area contributed by atoms with Gasteiger partial charge in [0.1, 0.15) is 0 Å². The zero-order valence-electron chi connectivity index (χ0n) is 11.8. The smallest absolute Gasteiger partial charge is 0.0478 e. The van der Waals surface area contributed by atoms with Gasteiger partial charge in [0, 0.05) is 31.7 Å². The summed E-state index contributed by atoms with van der Waals surface area (Å²) in [6.07, 6.45) is 4.06. The van der Waals surface area contributed by atoms with E-state index in [0.717, 1.165) is 18.5 Å². The molecule has 0 saturated carbocycles. The third kappa shape index (κ3) is 2.72. The molecule has 2 saturated heterocycles. The van der Waals surface area contributed by atoms with E-state index in [1.807, 2.05) is 0 Å². The third-order valence-corrected chi connectivity index (χ3v) is 5.67. The number of likely N-dealkylation sites (tertiary alicyclic amines) is 2. The number of nitrogens with zero attached hydrogens (tertiary/aromatic N) is 2. The minimum atomic E-state index is 0.430. The van der Waals surface area contributed by atoms with Crippen LogP contribution in [0.3, 0.4) is 0 Å². The van der Waals surface area contributed by atoms with E-state index < -0.39 is 0 Å². The number of rotatable bonds is 3. The number of hydrogen-bond acceptors (Lipinski definition) is 4. The van der Waals surface area contributed by atoms with Crippen molar-refractivity contribution in [1.82, 2.24) is 9.80 Å². The van der Waals surface area contributed by atoms with Gasteiger partial charge in [-0.15, -0.1) is 0 Å². The van der Waals surface area contributed by atoms with E-state index in [2.05, 4.69) is 33.7 Å². The highest BCUT2D eigenvalue weighted by atomic mass is 32.1. The van der Waals surface area contributed by atoms with E-state index in [1.54, 1.807) is 11.3 Å².